The number of hydrogen-bond donors (Lipinski definition) is 0. The van der Waals surface area contributed by atoms with E-state index in [9.17, 15) is 9.59 Å². The predicted octanol–water partition coefficient (Wildman–Crippen LogP) is 4.52. The van der Waals surface area contributed by atoms with E-state index in [1.165, 1.54) is 16.7 Å². The number of imide groups is 1. The molecule has 0 bridgehead atoms. The molecule has 3 aromatic carbocycles. The molecule has 6 nitrogen and oxygen atoms in total. The van der Waals surface area contributed by atoms with Gasteiger partial charge in [0.25, 0.3) is 0 Å². The van der Waals surface area contributed by atoms with Crippen molar-refractivity contribution in [2.45, 2.75) is 23.8 Å². The van der Waals surface area contributed by atoms with Crippen LogP contribution in [0.5, 0.6) is 5.75 Å². The van der Waals surface area contributed by atoms with Gasteiger partial charge in [-0.25, -0.2) is 14.9 Å². The van der Waals surface area contributed by atoms with Crippen LogP contribution in [0.3, 0.4) is 0 Å². The Morgan fingerprint density at radius 3 is 2.65 bits per heavy atom. The maximum atomic E-state index is 13.2. The van der Waals surface area contributed by atoms with Gasteiger partial charge in [0.05, 0.1) is 18.3 Å². The minimum absolute atomic E-state index is 0.121. The molecule has 0 N–H and O–H groups in total. The molecule has 1 aromatic heterocycles. The lowest BCUT2D eigenvalue weighted by Gasteiger charge is -2.17. The van der Waals surface area contributed by atoms with Gasteiger partial charge in [-0.2, -0.15) is 0 Å². The lowest BCUT2D eigenvalue weighted by Crippen LogP contribution is -2.31. The molecule has 0 saturated carbocycles. The Bertz CT molecular complexity index is 1350. The third-order valence-corrected chi connectivity index (χ3v) is 6.48. The van der Waals surface area contributed by atoms with Crippen molar-refractivity contribution < 1.29 is 14.3 Å². The fourth-order valence-corrected chi connectivity index (χ4v) is 4.92. The van der Waals surface area contributed by atoms with Gasteiger partial charge in [0.2, 0.25) is 11.8 Å². The number of fused-ring (bicyclic) bond motifs is 2. The quantitative estimate of drug-likeness (QED) is 0.351. The average molecular weight is 430 g/mol. The number of nitrogens with zero attached hydrogens (tertiary/aromatic N) is 3. The van der Waals surface area contributed by atoms with Crippen molar-refractivity contribution in [2.24, 2.45) is 0 Å². The molecule has 0 spiro atoms. The van der Waals surface area contributed by atoms with Crippen LogP contribution in [0.1, 0.15) is 12.1 Å². The number of carbonyl (C=O) groups excluding carboxylic acids is 2. The van der Waals surface area contributed by atoms with Gasteiger partial charge in [-0.1, -0.05) is 48.2 Å². The van der Waals surface area contributed by atoms with Crippen LogP contribution in [0.4, 0.5) is 5.69 Å². The summed E-state index contributed by atoms with van der Waals surface area (Å²) in [6, 6.07) is 19.0. The van der Waals surface area contributed by atoms with E-state index in [0.29, 0.717) is 10.8 Å². The third-order valence-electron chi connectivity index (χ3n) is 5.43. The number of anilines is 1. The number of rotatable bonds is 4. The van der Waals surface area contributed by atoms with Crippen LogP contribution in [0.2, 0.25) is 0 Å². The Balaban J connectivity index is 1.46. The van der Waals surface area contributed by atoms with E-state index in [4.69, 9.17) is 4.74 Å². The second kappa shape index (κ2) is 7.67. The van der Waals surface area contributed by atoms with Gasteiger partial charge in [0.1, 0.15) is 11.0 Å². The molecular weight excluding hydrogens is 410 g/mol. The topological polar surface area (TPSA) is 72.4 Å². The number of ether oxygens (including phenoxy) is 1. The summed E-state index contributed by atoms with van der Waals surface area (Å²) in [5.74, 6) is 0.297. The number of hydrogen-bond acceptors (Lipinski definition) is 6. The summed E-state index contributed by atoms with van der Waals surface area (Å²) in [5, 5.41) is 2.70. The lowest BCUT2D eigenvalue weighted by atomic mass is 10.1. The van der Waals surface area contributed by atoms with E-state index in [2.05, 4.69) is 9.97 Å². The van der Waals surface area contributed by atoms with Crippen LogP contribution in [0.25, 0.3) is 21.7 Å². The van der Waals surface area contributed by atoms with Crippen LogP contribution in [0, 0.1) is 6.92 Å². The maximum Gasteiger partial charge on any atom is 0.247 e. The van der Waals surface area contributed by atoms with E-state index in [1.807, 2.05) is 67.6 Å². The zero-order valence-corrected chi connectivity index (χ0v) is 17.8. The highest BCUT2D eigenvalue weighted by Gasteiger charge is 2.41. The predicted molar refractivity (Wildman–Crippen MR) is 122 cm³/mol. The summed E-state index contributed by atoms with van der Waals surface area (Å²) < 4.78 is 5.28. The second-order valence-corrected chi connectivity index (χ2v) is 8.52. The van der Waals surface area contributed by atoms with Crippen molar-refractivity contribution >= 4 is 50.9 Å². The van der Waals surface area contributed by atoms with E-state index >= 15 is 0 Å². The zero-order chi connectivity index (χ0) is 21.5. The van der Waals surface area contributed by atoms with Crippen molar-refractivity contribution in [1.82, 2.24) is 9.97 Å². The number of aromatic nitrogens is 2. The standard InChI is InChI=1S/C24H19N3O3S/c1-14-18-12-16(30-2)10-11-19(18)26-24(25-14)31-21-13-22(28)27(23(21)29)20-9-5-7-15-6-3-4-8-17(15)20/h3-12,21H,13H2,1-2H3/t21-/m1/s1. The zero-order valence-electron chi connectivity index (χ0n) is 17.0. The first-order chi connectivity index (χ1) is 15.0. The Morgan fingerprint density at radius 2 is 1.81 bits per heavy atom. The average Bonchev–Trinajstić information content (AvgIpc) is 3.05. The van der Waals surface area contributed by atoms with Crippen LogP contribution < -0.4 is 9.64 Å². The highest BCUT2D eigenvalue weighted by Crippen LogP contribution is 2.36. The molecule has 1 aliphatic heterocycles. The summed E-state index contributed by atoms with van der Waals surface area (Å²) in [7, 11) is 1.62. The minimum Gasteiger partial charge on any atom is -0.497 e. The number of methoxy groups -OCH3 is 1. The van der Waals surface area contributed by atoms with Gasteiger partial charge < -0.3 is 4.74 Å². The molecule has 1 fully saturated rings. The Hall–Kier alpha value is -3.45. The molecular formula is C24H19N3O3S. The highest BCUT2D eigenvalue weighted by atomic mass is 32.2. The monoisotopic (exact) mass is 429 g/mol. The van der Waals surface area contributed by atoms with E-state index in [-0.39, 0.29) is 18.2 Å². The van der Waals surface area contributed by atoms with E-state index in [1.54, 1.807) is 7.11 Å². The molecule has 0 unspecified atom stereocenters. The van der Waals surface area contributed by atoms with Gasteiger partial charge in [-0.05, 0) is 36.6 Å². The first kappa shape index (κ1) is 19.5. The molecule has 4 aromatic rings. The molecule has 0 aliphatic carbocycles. The van der Waals surface area contributed by atoms with Crippen molar-refractivity contribution in [3.63, 3.8) is 0 Å². The molecule has 154 valence electrons. The summed E-state index contributed by atoms with van der Waals surface area (Å²) in [6.07, 6.45) is 0.121. The van der Waals surface area contributed by atoms with Gasteiger partial charge in [-0.15, -0.1) is 0 Å². The SMILES string of the molecule is COc1ccc2nc(S[C@@H]3CC(=O)N(c4cccc5ccccc45)C3=O)nc(C)c2c1. The fraction of sp³-hybridized carbons (Fsp3) is 0.167. The van der Waals surface area contributed by atoms with Gasteiger partial charge >= 0.3 is 0 Å². The van der Waals surface area contributed by atoms with Crippen molar-refractivity contribution in [3.8, 4) is 5.75 Å². The van der Waals surface area contributed by atoms with Gasteiger partial charge in [0.15, 0.2) is 5.16 Å². The summed E-state index contributed by atoms with van der Waals surface area (Å²) in [6.45, 7) is 1.90. The fourth-order valence-electron chi connectivity index (χ4n) is 3.89. The maximum absolute atomic E-state index is 13.2. The largest absolute Gasteiger partial charge is 0.497 e. The molecule has 31 heavy (non-hydrogen) atoms. The third kappa shape index (κ3) is 3.41. The van der Waals surface area contributed by atoms with Crippen LogP contribution in [-0.2, 0) is 9.59 Å². The number of amides is 2. The summed E-state index contributed by atoms with van der Waals surface area (Å²) in [4.78, 5) is 36.5. The summed E-state index contributed by atoms with van der Waals surface area (Å²) in [5.41, 5.74) is 2.20. The first-order valence-corrected chi connectivity index (χ1v) is 10.8. The van der Waals surface area contributed by atoms with E-state index in [0.717, 1.165) is 33.1 Å². The Morgan fingerprint density at radius 1 is 1.00 bits per heavy atom. The Labute approximate surface area is 183 Å². The molecule has 5 rings (SSSR count). The van der Waals surface area contributed by atoms with Crippen LogP contribution in [0.15, 0.2) is 65.8 Å². The molecule has 2 amide bonds. The molecule has 1 saturated heterocycles. The molecule has 0 radical (unpaired) electrons. The van der Waals surface area contributed by atoms with Crippen LogP contribution >= 0.6 is 11.8 Å². The number of aryl methyl sites for hydroxylation is 1. The molecule has 2 heterocycles. The lowest BCUT2D eigenvalue weighted by molar-refractivity contribution is -0.121. The van der Waals surface area contributed by atoms with Crippen molar-refractivity contribution in [1.29, 1.82) is 0 Å². The van der Waals surface area contributed by atoms with Crippen molar-refractivity contribution in [2.75, 3.05) is 12.0 Å². The smallest absolute Gasteiger partial charge is 0.247 e. The van der Waals surface area contributed by atoms with Gasteiger partial charge in [0, 0.05) is 22.9 Å². The number of carbonyl (C=O) groups is 2. The van der Waals surface area contributed by atoms with Crippen LogP contribution in [-0.4, -0.2) is 34.1 Å². The highest BCUT2D eigenvalue weighted by molar-refractivity contribution is 8.00. The second-order valence-electron chi connectivity index (χ2n) is 7.35. The van der Waals surface area contributed by atoms with Crippen molar-refractivity contribution in [3.05, 3.63) is 66.4 Å². The minimum atomic E-state index is -0.554. The Kier molecular flexibility index (Phi) is 4.82. The molecule has 1 aliphatic rings. The summed E-state index contributed by atoms with van der Waals surface area (Å²) >= 11 is 1.24. The van der Waals surface area contributed by atoms with Gasteiger partial charge in [-0.3, -0.25) is 9.59 Å². The normalized spacial score (nSPS) is 16.5. The number of benzene rings is 3. The van der Waals surface area contributed by atoms with E-state index < -0.39 is 5.25 Å². The number of thioether (sulfide) groups is 1. The first-order valence-electron chi connectivity index (χ1n) is 9.89. The molecule has 1 atom stereocenters. The molecule has 7 heteroatoms.